The van der Waals surface area contributed by atoms with Crippen molar-refractivity contribution < 1.29 is 5.11 Å². The number of rotatable bonds is 2. The van der Waals surface area contributed by atoms with Crippen molar-refractivity contribution in [3.63, 3.8) is 0 Å². The van der Waals surface area contributed by atoms with Gasteiger partial charge >= 0.3 is 0 Å². The van der Waals surface area contributed by atoms with Gasteiger partial charge in [-0.1, -0.05) is 54.4 Å². The van der Waals surface area contributed by atoms with Crippen LogP contribution in [0.2, 0.25) is 0 Å². The monoisotopic (exact) mass is 339 g/mol. The van der Waals surface area contributed by atoms with Crippen molar-refractivity contribution in [1.82, 2.24) is 0 Å². The molecular weight excluding hydrogens is 306 g/mol. The van der Waals surface area contributed by atoms with Gasteiger partial charge in [-0.2, -0.15) is 0 Å². The summed E-state index contributed by atoms with van der Waals surface area (Å²) in [5.41, 5.74) is 9.65. The Morgan fingerprint density at radius 3 is 1.70 bits per heavy atom. The average molecular weight is 340 g/mol. The molecule has 0 unspecified atom stereocenters. The van der Waals surface area contributed by atoms with Gasteiger partial charge in [-0.05, 0) is 58.4 Å². The number of benzene rings is 1. The zero-order chi connectivity index (χ0) is 16.7. The van der Waals surface area contributed by atoms with E-state index in [1.165, 1.54) is 31.2 Å². The van der Waals surface area contributed by atoms with Crippen LogP contribution in [0.1, 0.15) is 90.0 Å². The minimum atomic E-state index is -0.0878. The second kappa shape index (κ2) is 7.03. The van der Waals surface area contributed by atoms with Crippen molar-refractivity contribution in [3.8, 4) is 5.75 Å². The predicted molar refractivity (Wildman–Crippen MR) is 102 cm³/mol. The Morgan fingerprint density at radius 2 is 1.35 bits per heavy atom. The van der Waals surface area contributed by atoms with Gasteiger partial charge < -0.3 is 10.8 Å². The topological polar surface area (TPSA) is 46.2 Å². The van der Waals surface area contributed by atoms with E-state index in [1.807, 2.05) is 0 Å². The van der Waals surface area contributed by atoms with Gasteiger partial charge in [0.15, 0.2) is 0 Å². The fraction of sp³-hybridized carbons (Fsp3) is 0.700. The first kappa shape index (κ1) is 20.3. The van der Waals surface area contributed by atoms with Crippen LogP contribution >= 0.6 is 12.4 Å². The zero-order valence-electron chi connectivity index (χ0n) is 15.6. The number of nitrogens with two attached hydrogens (primary N) is 1. The first-order valence-corrected chi connectivity index (χ1v) is 8.65. The molecule has 0 radical (unpaired) electrons. The highest BCUT2D eigenvalue weighted by Crippen LogP contribution is 2.43. The highest BCUT2D eigenvalue weighted by molar-refractivity contribution is 5.85. The number of hydrogen-bond acceptors (Lipinski definition) is 2. The van der Waals surface area contributed by atoms with Crippen molar-refractivity contribution in [2.75, 3.05) is 0 Å². The van der Waals surface area contributed by atoms with Crippen molar-refractivity contribution in [2.45, 2.75) is 84.1 Å². The maximum Gasteiger partial charge on any atom is 0.123 e. The Hall–Kier alpha value is -0.730. The van der Waals surface area contributed by atoms with Gasteiger partial charge in [-0.25, -0.2) is 0 Å². The Bertz CT molecular complexity index is 499. The lowest BCUT2D eigenvalue weighted by Gasteiger charge is -2.30. The van der Waals surface area contributed by atoms with Crippen LogP contribution in [0.15, 0.2) is 12.1 Å². The molecule has 0 heterocycles. The van der Waals surface area contributed by atoms with Crippen LogP contribution in [-0.4, -0.2) is 5.11 Å². The predicted octanol–water partition coefficient (Wildman–Crippen LogP) is 5.60. The molecule has 0 bridgehead atoms. The van der Waals surface area contributed by atoms with Crippen LogP contribution in [0.25, 0.3) is 0 Å². The van der Waals surface area contributed by atoms with Crippen molar-refractivity contribution in [2.24, 2.45) is 11.7 Å². The second-order valence-electron chi connectivity index (χ2n) is 9.03. The van der Waals surface area contributed by atoms with Gasteiger partial charge in [0.2, 0.25) is 0 Å². The number of halogens is 1. The van der Waals surface area contributed by atoms with Gasteiger partial charge in [0, 0.05) is 6.04 Å². The van der Waals surface area contributed by atoms with Gasteiger partial charge in [-0.3, -0.25) is 0 Å². The molecule has 0 amide bonds. The van der Waals surface area contributed by atoms with E-state index in [0.717, 1.165) is 11.1 Å². The molecule has 3 N–H and O–H groups in total. The first-order valence-electron chi connectivity index (χ1n) is 8.65. The normalized spacial score (nSPS) is 17.9. The molecule has 1 aliphatic carbocycles. The summed E-state index contributed by atoms with van der Waals surface area (Å²) in [5.74, 6) is 1.03. The summed E-state index contributed by atoms with van der Waals surface area (Å²) in [5, 5.41) is 10.8. The number of phenolic OH excluding ortho intramolecular Hbond substituents is 1. The maximum atomic E-state index is 10.8. The Labute approximate surface area is 148 Å². The number of hydrogen-bond donors (Lipinski definition) is 2. The van der Waals surface area contributed by atoms with E-state index in [4.69, 9.17) is 5.73 Å². The molecule has 23 heavy (non-hydrogen) atoms. The molecule has 1 atom stereocenters. The molecule has 1 aliphatic rings. The van der Waals surface area contributed by atoms with Crippen molar-refractivity contribution in [1.29, 1.82) is 0 Å². The lowest BCUT2D eigenvalue weighted by atomic mass is 9.77. The van der Waals surface area contributed by atoms with E-state index in [1.54, 1.807) is 0 Å². The molecule has 1 aromatic rings. The highest BCUT2D eigenvalue weighted by Gasteiger charge is 2.30. The summed E-state index contributed by atoms with van der Waals surface area (Å²) in [6, 6.07) is 4.38. The summed E-state index contributed by atoms with van der Waals surface area (Å²) < 4.78 is 0. The fourth-order valence-corrected chi connectivity index (χ4v) is 3.58. The standard InChI is InChI=1S/C20H33NO.ClH/c1-19(2,3)15-11-14(17(21)13-9-7-8-10-13)12-16(18(15)22)20(4,5)6;/h11-13,17,22H,7-10,21H2,1-6H3;1H/t17-;/m1./s1. The number of aromatic hydroxyl groups is 1. The lowest BCUT2D eigenvalue weighted by Crippen LogP contribution is -2.23. The molecule has 1 saturated carbocycles. The molecule has 1 fully saturated rings. The van der Waals surface area contributed by atoms with Crippen molar-refractivity contribution in [3.05, 3.63) is 28.8 Å². The summed E-state index contributed by atoms with van der Waals surface area (Å²) in [7, 11) is 0. The minimum absolute atomic E-state index is 0. The van der Waals surface area contributed by atoms with Crippen LogP contribution < -0.4 is 5.73 Å². The molecule has 1 aromatic carbocycles. The van der Waals surface area contributed by atoms with Crippen LogP contribution in [-0.2, 0) is 10.8 Å². The van der Waals surface area contributed by atoms with E-state index in [9.17, 15) is 5.11 Å². The molecule has 3 heteroatoms. The summed E-state index contributed by atoms with van der Waals surface area (Å²) in [4.78, 5) is 0. The Morgan fingerprint density at radius 1 is 0.957 bits per heavy atom. The van der Waals surface area contributed by atoms with Gasteiger partial charge in [0.1, 0.15) is 5.75 Å². The third-order valence-electron chi connectivity index (χ3n) is 5.04. The second-order valence-corrected chi connectivity index (χ2v) is 9.03. The fourth-order valence-electron chi connectivity index (χ4n) is 3.58. The SMILES string of the molecule is CC(C)(C)c1cc([C@H](N)C2CCCC2)cc(C(C)(C)C)c1O.Cl. The molecular formula is C20H34ClNO. The van der Waals surface area contributed by atoms with Gasteiger partial charge in [0.05, 0.1) is 0 Å². The molecule has 0 spiro atoms. The smallest absolute Gasteiger partial charge is 0.123 e. The Balaban J connectivity index is 0.00000264. The minimum Gasteiger partial charge on any atom is -0.507 e. The summed E-state index contributed by atoms with van der Waals surface area (Å²) >= 11 is 0. The first-order chi connectivity index (χ1) is 10.0. The largest absolute Gasteiger partial charge is 0.507 e. The zero-order valence-corrected chi connectivity index (χ0v) is 16.4. The van der Waals surface area contributed by atoms with Gasteiger partial charge in [-0.15, -0.1) is 12.4 Å². The summed E-state index contributed by atoms with van der Waals surface area (Å²) in [6.07, 6.45) is 5.07. The van der Waals surface area contributed by atoms with Crippen LogP contribution in [0.3, 0.4) is 0 Å². The quantitative estimate of drug-likeness (QED) is 0.736. The van der Waals surface area contributed by atoms with E-state index in [-0.39, 0.29) is 29.3 Å². The van der Waals surface area contributed by atoms with E-state index in [0.29, 0.717) is 11.7 Å². The highest BCUT2D eigenvalue weighted by atomic mass is 35.5. The molecule has 0 aromatic heterocycles. The molecule has 0 aliphatic heterocycles. The van der Waals surface area contributed by atoms with Crippen LogP contribution in [0.4, 0.5) is 0 Å². The van der Waals surface area contributed by atoms with E-state index < -0.39 is 0 Å². The molecule has 0 saturated heterocycles. The molecule has 2 rings (SSSR count). The molecule has 132 valence electrons. The van der Waals surface area contributed by atoms with Crippen molar-refractivity contribution >= 4 is 12.4 Å². The molecule has 2 nitrogen and oxygen atoms in total. The third kappa shape index (κ3) is 4.42. The average Bonchev–Trinajstić information content (AvgIpc) is 2.89. The van der Waals surface area contributed by atoms with Crippen LogP contribution in [0.5, 0.6) is 5.75 Å². The summed E-state index contributed by atoms with van der Waals surface area (Å²) in [6.45, 7) is 12.9. The van der Waals surface area contributed by atoms with Crippen LogP contribution in [0, 0.1) is 5.92 Å². The van der Waals surface area contributed by atoms with E-state index in [2.05, 4.69) is 53.7 Å². The maximum absolute atomic E-state index is 10.8. The van der Waals surface area contributed by atoms with Gasteiger partial charge in [0.25, 0.3) is 0 Å². The number of phenols is 1. The Kier molecular flexibility index (Phi) is 6.21. The third-order valence-corrected chi connectivity index (χ3v) is 5.04. The lowest BCUT2D eigenvalue weighted by molar-refractivity contribution is 0.415. The van der Waals surface area contributed by atoms with E-state index >= 15 is 0 Å².